The maximum atomic E-state index is 4.59. The Morgan fingerprint density at radius 1 is 1.12 bits per heavy atom. The Hall–Kier alpha value is -2.73. The quantitative estimate of drug-likeness (QED) is 0.730. The molecule has 0 amide bonds. The molecule has 0 saturated carbocycles. The Morgan fingerprint density at radius 2 is 1.92 bits per heavy atom. The van der Waals surface area contributed by atoms with E-state index >= 15 is 0 Å². The third-order valence-corrected chi connectivity index (χ3v) is 3.61. The van der Waals surface area contributed by atoms with E-state index in [2.05, 4.69) is 44.2 Å². The molecule has 0 atom stereocenters. The fraction of sp³-hybridized carbons (Fsp3) is 0.278. The van der Waals surface area contributed by atoms with Gasteiger partial charge in [0.05, 0.1) is 11.9 Å². The van der Waals surface area contributed by atoms with E-state index in [-0.39, 0.29) is 0 Å². The lowest BCUT2D eigenvalue weighted by molar-refractivity contribution is 0.412. The first-order valence-corrected chi connectivity index (χ1v) is 7.97. The Bertz CT molecular complexity index is 794. The van der Waals surface area contributed by atoms with Gasteiger partial charge in [0.15, 0.2) is 0 Å². The SMILES string of the molecule is Cc1cc(-c2ccccc2)nc(Nc2ncc(CCN(C)C)[nH]2)n1. The van der Waals surface area contributed by atoms with Crippen LogP contribution in [-0.4, -0.2) is 45.5 Å². The minimum absolute atomic E-state index is 0.544. The maximum absolute atomic E-state index is 4.59. The number of nitrogens with zero attached hydrogens (tertiary/aromatic N) is 4. The molecule has 6 heteroatoms. The smallest absolute Gasteiger partial charge is 0.230 e. The van der Waals surface area contributed by atoms with Crippen LogP contribution in [0, 0.1) is 6.92 Å². The molecule has 2 N–H and O–H groups in total. The van der Waals surface area contributed by atoms with Crippen LogP contribution in [-0.2, 0) is 6.42 Å². The average molecular weight is 322 g/mol. The molecule has 3 rings (SSSR count). The fourth-order valence-electron chi connectivity index (χ4n) is 2.38. The number of likely N-dealkylation sites (N-methyl/N-ethyl adjacent to an activating group) is 1. The summed E-state index contributed by atoms with van der Waals surface area (Å²) in [5, 5.41) is 3.16. The Morgan fingerprint density at radius 3 is 2.67 bits per heavy atom. The zero-order chi connectivity index (χ0) is 16.9. The maximum Gasteiger partial charge on any atom is 0.230 e. The van der Waals surface area contributed by atoms with E-state index in [4.69, 9.17) is 0 Å². The lowest BCUT2D eigenvalue weighted by Crippen LogP contribution is -2.15. The molecule has 0 aliphatic rings. The van der Waals surface area contributed by atoms with Gasteiger partial charge in [0.1, 0.15) is 0 Å². The first-order valence-electron chi connectivity index (χ1n) is 7.97. The molecule has 2 aromatic heterocycles. The van der Waals surface area contributed by atoms with Gasteiger partial charge in [-0.25, -0.2) is 15.0 Å². The van der Waals surface area contributed by atoms with Crippen molar-refractivity contribution in [2.24, 2.45) is 0 Å². The Labute approximate surface area is 142 Å². The number of benzene rings is 1. The summed E-state index contributed by atoms with van der Waals surface area (Å²) in [6.45, 7) is 2.94. The number of anilines is 2. The van der Waals surface area contributed by atoms with Gasteiger partial charge in [-0.3, -0.25) is 5.32 Å². The summed E-state index contributed by atoms with van der Waals surface area (Å²) in [5.41, 5.74) is 3.95. The number of aromatic amines is 1. The van der Waals surface area contributed by atoms with Crippen molar-refractivity contribution in [1.82, 2.24) is 24.8 Å². The summed E-state index contributed by atoms with van der Waals surface area (Å²) < 4.78 is 0. The summed E-state index contributed by atoms with van der Waals surface area (Å²) in [6.07, 6.45) is 2.77. The monoisotopic (exact) mass is 322 g/mol. The molecule has 1 aromatic carbocycles. The van der Waals surface area contributed by atoms with Crippen molar-refractivity contribution in [3.05, 3.63) is 54.0 Å². The molecule has 0 unspecified atom stereocenters. The largest absolute Gasteiger partial charge is 0.328 e. The number of H-pyrrole nitrogens is 1. The topological polar surface area (TPSA) is 69.7 Å². The number of nitrogens with one attached hydrogen (secondary N) is 2. The average Bonchev–Trinajstić information content (AvgIpc) is 3.01. The molecule has 0 spiro atoms. The normalized spacial score (nSPS) is 11.0. The summed E-state index contributed by atoms with van der Waals surface area (Å²) >= 11 is 0. The molecule has 2 heterocycles. The van der Waals surface area contributed by atoms with Crippen molar-refractivity contribution >= 4 is 11.9 Å². The van der Waals surface area contributed by atoms with Crippen molar-refractivity contribution < 1.29 is 0 Å². The standard InChI is InChI=1S/C18H22N6/c1-13-11-16(14-7-5-4-6-8-14)22-18(20-13)23-17-19-12-15(21-17)9-10-24(2)3/h4-8,11-12H,9-10H2,1-3H3,(H2,19,20,21,22,23). The van der Waals surface area contributed by atoms with E-state index in [0.717, 1.165) is 35.6 Å². The van der Waals surface area contributed by atoms with Crippen molar-refractivity contribution in [2.75, 3.05) is 26.0 Å². The highest BCUT2D eigenvalue weighted by Gasteiger charge is 2.07. The molecule has 0 aliphatic carbocycles. The van der Waals surface area contributed by atoms with Crippen LogP contribution in [0.2, 0.25) is 0 Å². The second-order valence-corrected chi connectivity index (χ2v) is 6.02. The summed E-state index contributed by atoms with van der Waals surface area (Å²) in [5.74, 6) is 1.20. The Kier molecular flexibility index (Phi) is 4.86. The predicted molar refractivity (Wildman–Crippen MR) is 96.3 cm³/mol. The zero-order valence-corrected chi connectivity index (χ0v) is 14.2. The Balaban J connectivity index is 1.77. The van der Waals surface area contributed by atoms with Crippen LogP contribution in [0.1, 0.15) is 11.4 Å². The van der Waals surface area contributed by atoms with Gasteiger partial charge >= 0.3 is 0 Å². The van der Waals surface area contributed by atoms with Crippen molar-refractivity contribution in [1.29, 1.82) is 0 Å². The summed E-state index contributed by atoms with van der Waals surface area (Å²) in [6, 6.07) is 12.1. The van der Waals surface area contributed by atoms with Crippen LogP contribution in [0.15, 0.2) is 42.6 Å². The van der Waals surface area contributed by atoms with E-state index in [1.54, 1.807) is 0 Å². The van der Waals surface area contributed by atoms with E-state index < -0.39 is 0 Å². The first-order chi connectivity index (χ1) is 11.6. The second kappa shape index (κ2) is 7.23. The van der Waals surface area contributed by atoms with Crippen LogP contribution in [0.25, 0.3) is 11.3 Å². The van der Waals surface area contributed by atoms with Gasteiger partial charge in [0.25, 0.3) is 0 Å². The van der Waals surface area contributed by atoms with Gasteiger partial charge in [0, 0.05) is 29.9 Å². The van der Waals surface area contributed by atoms with Gasteiger partial charge in [-0.2, -0.15) is 0 Å². The number of rotatable bonds is 6. The van der Waals surface area contributed by atoms with Gasteiger partial charge < -0.3 is 9.88 Å². The molecule has 0 radical (unpaired) electrons. The third kappa shape index (κ3) is 4.17. The van der Waals surface area contributed by atoms with E-state index in [9.17, 15) is 0 Å². The van der Waals surface area contributed by atoms with E-state index in [1.165, 1.54) is 0 Å². The number of aryl methyl sites for hydroxylation is 1. The number of hydrogen-bond donors (Lipinski definition) is 2. The molecule has 0 saturated heterocycles. The second-order valence-electron chi connectivity index (χ2n) is 6.02. The molecule has 24 heavy (non-hydrogen) atoms. The van der Waals surface area contributed by atoms with Gasteiger partial charge in [-0.05, 0) is 27.1 Å². The first kappa shape index (κ1) is 16.1. The van der Waals surface area contributed by atoms with Gasteiger partial charge in [0.2, 0.25) is 11.9 Å². The van der Waals surface area contributed by atoms with Gasteiger partial charge in [-0.15, -0.1) is 0 Å². The summed E-state index contributed by atoms with van der Waals surface area (Å²) in [4.78, 5) is 18.8. The van der Waals surface area contributed by atoms with Crippen LogP contribution in [0.5, 0.6) is 0 Å². The van der Waals surface area contributed by atoms with Crippen LogP contribution in [0.4, 0.5) is 11.9 Å². The number of hydrogen-bond acceptors (Lipinski definition) is 5. The van der Waals surface area contributed by atoms with Crippen LogP contribution < -0.4 is 5.32 Å². The molecular formula is C18H22N6. The van der Waals surface area contributed by atoms with E-state index in [1.807, 2.05) is 49.5 Å². The minimum atomic E-state index is 0.544. The number of imidazole rings is 1. The molecule has 124 valence electrons. The van der Waals surface area contributed by atoms with Crippen molar-refractivity contribution in [2.45, 2.75) is 13.3 Å². The highest BCUT2D eigenvalue weighted by molar-refractivity contribution is 5.61. The minimum Gasteiger partial charge on any atom is -0.328 e. The molecule has 0 bridgehead atoms. The zero-order valence-electron chi connectivity index (χ0n) is 14.2. The predicted octanol–water partition coefficient (Wildman–Crippen LogP) is 3.02. The molecule has 3 aromatic rings. The van der Waals surface area contributed by atoms with Gasteiger partial charge in [-0.1, -0.05) is 30.3 Å². The van der Waals surface area contributed by atoms with Crippen molar-refractivity contribution in [3.63, 3.8) is 0 Å². The van der Waals surface area contributed by atoms with Crippen LogP contribution >= 0.6 is 0 Å². The molecule has 6 nitrogen and oxygen atoms in total. The molecular weight excluding hydrogens is 300 g/mol. The molecule has 0 aliphatic heterocycles. The highest BCUT2D eigenvalue weighted by Crippen LogP contribution is 2.20. The lowest BCUT2D eigenvalue weighted by Gasteiger charge is -2.08. The highest BCUT2D eigenvalue weighted by atomic mass is 15.2. The molecule has 0 fully saturated rings. The van der Waals surface area contributed by atoms with Crippen molar-refractivity contribution in [3.8, 4) is 11.3 Å². The number of aromatic nitrogens is 4. The van der Waals surface area contributed by atoms with E-state index in [0.29, 0.717) is 11.9 Å². The lowest BCUT2D eigenvalue weighted by atomic mass is 10.1. The third-order valence-electron chi connectivity index (χ3n) is 3.61. The van der Waals surface area contributed by atoms with Crippen LogP contribution in [0.3, 0.4) is 0 Å². The fourth-order valence-corrected chi connectivity index (χ4v) is 2.38. The summed E-state index contributed by atoms with van der Waals surface area (Å²) in [7, 11) is 4.11.